The van der Waals surface area contributed by atoms with Gasteiger partial charge in [0.25, 0.3) is 0 Å². The Hall–Kier alpha value is -1.57. The van der Waals surface area contributed by atoms with Crippen LogP contribution in [-0.4, -0.2) is 11.8 Å². The lowest BCUT2D eigenvalue weighted by Crippen LogP contribution is -2.26. The number of carbonyl (C=O) groups is 1. The van der Waals surface area contributed by atoms with Gasteiger partial charge in [0.2, 0.25) is 0 Å². The summed E-state index contributed by atoms with van der Waals surface area (Å²) in [7, 11) is 0. The number of hydrogen-bond acceptors (Lipinski definition) is 2. The number of carbonyl (C=O) groups excluding carboxylic acids is 1. The van der Waals surface area contributed by atoms with Gasteiger partial charge in [0.1, 0.15) is 0 Å². The summed E-state index contributed by atoms with van der Waals surface area (Å²) in [5.41, 5.74) is 2.37. The first kappa shape index (κ1) is 10.9. The number of benzene rings is 1. The van der Waals surface area contributed by atoms with E-state index >= 15 is 0 Å². The largest absolute Gasteiger partial charge is 0.375 e. The molecule has 0 radical (unpaired) electrons. The molecule has 84 valence electrons. The molecule has 0 fully saturated rings. The van der Waals surface area contributed by atoms with Crippen molar-refractivity contribution in [2.45, 2.75) is 31.7 Å². The van der Waals surface area contributed by atoms with Crippen molar-refractivity contribution in [3.63, 3.8) is 0 Å². The Morgan fingerprint density at radius 3 is 3.06 bits per heavy atom. The molecule has 2 rings (SSSR count). The number of para-hydroxylation sites is 1. The van der Waals surface area contributed by atoms with E-state index in [1.165, 1.54) is 5.56 Å². The molecular formula is C14H17NO. The van der Waals surface area contributed by atoms with Crippen LogP contribution in [0.25, 0.3) is 0 Å². The summed E-state index contributed by atoms with van der Waals surface area (Å²) in [6, 6.07) is 8.12. The minimum Gasteiger partial charge on any atom is -0.375 e. The standard InChI is InChI=1S/C14H17NO/c1-2-3-4-9-14(16)13-10-11-7-5-6-8-12(11)15-13/h2,5-8,13,15H,1,3-4,9-10H2. The number of rotatable bonds is 5. The van der Waals surface area contributed by atoms with E-state index in [9.17, 15) is 4.79 Å². The molecule has 1 aliphatic rings. The Bertz CT molecular complexity index is 372. The third kappa shape index (κ3) is 2.32. The van der Waals surface area contributed by atoms with E-state index in [0.29, 0.717) is 12.2 Å². The lowest BCUT2D eigenvalue weighted by molar-refractivity contribution is -0.119. The van der Waals surface area contributed by atoms with E-state index in [0.717, 1.165) is 24.9 Å². The average molecular weight is 215 g/mol. The minimum absolute atomic E-state index is 0.0118. The fraction of sp³-hybridized carbons (Fsp3) is 0.357. The quantitative estimate of drug-likeness (QED) is 0.604. The Morgan fingerprint density at radius 2 is 2.31 bits per heavy atom. The van der Waals surface area contributed by atoms with Crippen LogP contribution in [0, 0.1) is 0 Å². The molecule has 0 aromatic heterocycles. The molecular weight excluding hydrogens is 198 g/mol. The monoisotopic (exact) mass is 215 g/mol. The van der Waals surface area contributed by atoms with E-state index < -0.39 is 0 Å². The zero-order valence-corrected chi connectivity index (χ0v) is 9.41. The lowest BCUT2D eigenvalue weighted by Gasteiger charge is -2.09. The van der Waals surface area contributed by atoms with Gasteiger partial charge in [0.15, 0.2) is 5.78 Å². The molecule has 1 atom stereocenters. The van der Waals surface area contributed by atoms with Crippen LogP contribution in [0.3, 0.4) is 0 Å². The Kier molecular flexibility index (Phi) is 3.40. The number of hydrogen-bond donors (Lipinski definition) is 1. The van der Waals surface area contributed by atoms with Crippen molar-refractivity contribution in [1.82, 2.24) is 0 Å². The van der Waals surface area contributed by atoms with E-state index in [4.69, 9.17) is 0 Å². The molecule has 1 aromatic carbocycles. The zero-order chi connectivity index (χ0) is 11.4. The smallest absolute Gasteiger partial charge is 0.155 e. The van der Waals surface area contributed by atoms with Crippen LogP contribution in [0.2, 0.25) is 0 Å². The summed E-state index contributed by atoms with van der Waals surface area (Å²) in [5.74, 6) is 0.318. The van der Waals surface area contributed by atoms with Crippen molar-refractivity contribution in [3.8, 4) is 0 Å². The molecule has 0 bridgehead atoms. The maximum absolute atomic E-state index is 11.9. The normalized spacial score (nSPS) is 17.6. The second-order valence-electron chi connectivity index (χ2n) is 4.21. The van der Waals surface area contributed by atoms with Gasteiger partial charge in [-0.25, -0.2) is 0 Å². The fourth-order valence-corrected chi connectivity index (χ4v) is 2.09. The zero-order valence-electron chi connectivity index (χ0n) is 9.41. The maximum atomic E-state index is 11.9. The molecule has 0 spiro atoms. The van der Waals surface area contributed by atoms with Gasteiger partial charge >= 0.3 is 0 Å². The van der Waals surface area contributed by atoms with Crippen LogP contribution in [0.4, 0.5) is 5.69 Å². The lowest BCUT2D eigenvalue weighted by atomic mass is 10.0. The van der Waals surface area contributed by atoms with Gasteiger partial charge in [-0.1, -0.05) is 24.3 Å². The van der Waals surface area contributed by atoms with Crippen LogP contribution >= 0.6 is 0 Å². The third-order valence-corrected chi connectivity index (χ3v) is 2.99. The van der Waals surface area contributed by atoms with Crippen molar-refractivity contribution >= 4 is 11.5 Å². The van der Waals surface area contributed by atoms with Gasteiger partial charge in [-0.2, -0.15) is 0 Å². The van der Waals surface area contributed by atoms with Gasteiger partial charge < -0.3 is 5.32 Å². The molecule has 0 amide bonds. The van der Waals surface area contributed by atoms with Crippen molar-refractivity contribution in [2.24, 2.45) is 0 Å². The number of anilines is 1. The Labute approximate surface area is 96.4 Å². The van der Waals surface area contributed by atoms with Gasteiger partial charge in [0.05, 0.1) is 6.04 Å². The summed E-state index contributed by atoms with van der Waals surface area (Å²) in [4.78, 5) is 11.9. The van der Waals surface area contributed by atoms with Crippen LogP contribution in [0.1, 0.15) is 24.8 Å². The van der Waals surface area contributed by atoms with Crippen molar-refractivity contribution < 1.29 is 4.79 Å². The second-order valence-corrected chi connectivity index (χ2v) is 4.21. The van der Waals surface area contributed by atoms with Crippen LogP contribution in [-0.2, 0) is 11.2 Å². The summed E-state index contributed by atoms with van der Waals surface area (Å²) in [6.07, 6.45) is 5.19. The Morgan fingerprint density at radius 1 is 1.50 bits per heavy atom. The molecule has 1 heterocycles. The van der Waals surface area contributed by atoms with Crippen molar-refractivity contribution in [3.05, 3.63) is 42.5 Å². The topological polar surface area (TPSA) is 29.1 Å². The van der Waals surface area contributed by atoms with E-state index in [1.807, 2.05) is 24.3 Å². The minimum atomic E-state index is -0.0118. The summed E-state index contributed by atoms with van der Waals surface area (Å²) < 4.78 is 0. The predicted octanol–water partition coefficient (Wildman–Crippen LogP) is 2.95. The molecule has 16 heavy (non-hydrogen) atoms. The number of fused-ring (bicyclic) bond motifs is 1. The highest BCUT2D eigenvalue weighted by molar-refractivity contribution is 5.89. The molecule has 0 saturated carbocycles. The summed E-state index contributed by atoms with van der Waals surface area (Å²) in [5, 5.41) is 3.29. The highest BCUT2D eigenvalue weighted by atomic mass is 16.1. The molecule has 0 aliphatic carbocycles. The molecule has 1 N–H and O–H groups in total. The molecule has 2 nitrogen and oxygen atoms in total. The number of allylic oxidation sites excluding steroid dienone is 1. The predicted molar refractivity (Wildman–Crippen MR) is 66.6 cm³/mol. The highest BCUT2D eigenvalue weighted by Crippen LogP contribution is 2.26. The van der Waals surface area contributed by atoms with E-state index in [1.54, 1.807) is 0 Å². The molecule has 1 aromatic rings. The number of ketones is 1. The van der Waals surface area contributed by atoms with Gasteiger partial charge in [0, 0.05) is 18.5 Å². The molecule has 1 aliphatic heterocycles. The highest BCUT2D eigenvalue weighted by Gasteiger charge is 2.25. The van der Waals surface area contributed by atoms with E-state index in [-0.39, 0.29) is 6.04 Å². The average Bonchev–Trinajstić information content (AvgIpc) is 2.73. The number of unbranched alkanes of at least 4 members (excludes halogenated alkanes) is 1. The first-order valence-electron chi connectivity index (χ1n) is 5.79. The summed E-state index contributed by atoms with van der Waals surface area (Å²) >= 11 is 0. The molecule has 1 unspecified atom stereocenters. The van der Waals surface area contributed by atoms with Gasteiger partial charge in [-0.3, -0.25) is 4.79 Å². The van der Waals surface area contributed by atoms with Crippen LogP contribution in [0.15, 0.2) is 36.9 Å². The maximum Gasteiger partial charge on any atom is 0.155 e. The van der Waals surface area contributed by atoms with Crippen molar-refractivity contribution in [1.29, 1.82) is 0 Å². The van der Waals surface area contributed by atoms with Crippen LogP contribution < -0.4 is 5.32 Å². The number of nitrogens with one attached hydrogen (secondary N) is 1. The van der Waals surface area contributed by atoms with Crippen molar-refractivity contribution in [2.75, 3.05) is 5.32 Å². The molecule has 0 saturated heterocycles. The second kappa shape index (κ2) is 4.97. The van der Waals surface area contributed by atoms with Crippen LogP contribution in [0.5, 0.6) is 0 Å². The SMILES string of the molecule is C=CCCCC(=O)C1Cc2ccccc2N1. The van der Waals surface area contributed by atoms with Gasteiger partial charge in [-0.05, 0) is 24.5 Å². The van der Waals surface area contributed by atoms with Gasteiger partial charge in [-0.15, -0.1) is 6.58 Å². The fourth-order valence-electron chi connectivity index (χ4n) is 2.09. The Balaban J connectivity index is 1.90. The number of Topliss-reactive ketones (excluding diaryl/α,β-unsaturated/α-hetero) is 1. The third-order valence-electron chi connectivity index (χ3n) is 2.99. The summed E-state index contributed by atoms with van der Waals surface area (Å²) in [6.45, 7) is 3.66. The first-order chi connectivity index (χ1) is 7.81. The van der Waals surface area contributed by atoms with E-state index in [2.05, 4.69) is 18.0 Å². The molecule has 2 heteroatoms. The first-order valence-corrected chi connectivity index (χ1v) is 5.79.